The summed E-state index contributed by atoms with van der Waals surface area (Å²) >= 11 is 3.42. The van der Waals surface area contributed by atoms with Crippen LogP contribution in [0.15, 0.2) is 47.3 Å². The minimum absolute atomic E-state index is 1.00. The quantitative estimate of drug-likeness (QED) is 0.577. The zero-order valence-corrected chi connectivity index (χ0v) is 9.40. The van der Waals surface area contributed by atoms with Gasteiger partial charge in [0.2, 0.25) is 0 Å². The van der Waals surface area contributed by atoms with E-state index in [0.717, 1.165) is 26.1 Å². The van der Waals surface area contributed by atoms with E-state index in [0.29, 0.717) is 0 Å². The van der Waals surface area contributed by atoms with E-state index >= 15 is 0 Å². The Balaban J connectivity index is 2.55. The van der Waals surface area contributed by atoms with Crippen LogP contribution in [0.5, 0.6) is 0 Å². The Labute approximate surface area is 95.1 Å². The Hall–Kier alpha value is -1.48. The summed E-state index contributed by atoms with van der Waals surface area (Å²) in [6.45, 7) is 0. The van der Waals surface area contributed by atoms with Crippen LogP contribution >= 0.6 is 15.9 Å². The van der Waals surface area contributed by atoms with Gasteiger partial charge in [-0.2, -0.15) is 0 Å². The van der Waals surface area contributed by atoms with Crippen molar-refractivity contribution >= 4 is 37.6 Å². The maximum atomic E-state index is 4.43. The lowest BCUT2D eigenvalue weighted by molar-refractivity contribution is 1.36. The van der Waals surface area contributed by atoms with Crippen molar-refractivity contribution in [3.05, 3.63) is 47.3 Å². The van der Waals surface area contributed by atoms with Crippen LogP contribution in [-0.4, -0.2) is 9.97 Å². The van der Waals surface area contributed by atoms with E-state index in [1.807, 2.05) is 18.5 Å². The maximum Gasteiger partial charge on any atom is 0.0782 e. The van der Waals surface area contributed by atoms with Crippen LogP contribution in [-0.2, 0) is 0 Å². The van der Waals surface area contributed by atoms with Crippen LogP contribution in [0.4, 0.5) is 0 Å². The van der Waals surface area contributed by atoms with Gasteiger partial charge in [-0.3, -0.25) is 9.97 Å². The molecule has 0 bridgehead atoms. The third kappa shape index (κ3) is 1.39. The third-order valence-electron chi connectivity index (χ3n) is 2.43. The van der Waals surface area contributed by atoms with Gasteiger partial charge in [0, 0.05) is 39.2 Å². The molecule has 0 aliphatic carbocycles. The minimum Gasteiger partial charge on any atom is -0.264 e. The monoisotopic (exact) mass is 258 g/mol. The molecule has 2 heterocycles. The third-order valence-corrected chi connectivity index (χ3v) is 2.87. The largest absolute Gasteiger partial charge is 0.264 e. The van der Waals surface area contributed by atoms with E-state index in [2.05, 4.69) is 44.1 Å². The van der Waals surface area contributed by atoms with Gasteiger partial charge in [0.25, 0.3) is 0 Å². The molecule has 0 unspecified atom stereocenters. The van der Waals surface area contributed by atoms with E-state index < -0.39 is 0 Å². The van der Waals surface area contributed by atoms with Crippen molar-refractivity contribution in [2.45, 2.75) is 0 Å². The predicted octanol–water partition coefficient (Wildman–Crippen LogP) is 3.55. The van der Waals surface area contributed by atoms with Gasteiger partial charge in [-0.05, 0) is 28.1 Å². The number of fused-ring (bicyclic) bond motifs is 3. The highest BCUT2D eigenvalue weighted by Gasteiger charge is 2.01. The molecule has 2 nitrogen and oxygen atoms in total. The number of nitrogens with zero attached hydrogens (tertiary/aromatic N) is 2. The summed E-state index contributed by atoms with van der Waals surface area (Å²) in [5.41, 5.74) is 1.03. The van der Waals surface area contributed by atoms with Crippen LogP contribution in [0.25, 0.3) is 21.7 Å². The highest BCUT2D eigenvalue weighted by molar-refractivity contribution is 9.10. The van der Waals surface area contributed by atoms with Crippen LogP contribution < -0.4 is 0 Å². The minimum atomic E-state index is 1.00. The average Bonchev–Trinajstić information content (AvgIpc) is 2.28. The van der Waals surface area contributed by atoms with Gasteiger partial charge in [-0.1, -0.05) is 12.1 Å². The van der Waals surface area contributed by atoms with Crippen LogP contribution in [0.2, 0.25) is 0 Å². The molecule has 2 aromatic heterocycles. The summed E-state index contributed by atoms with van der Waals surface area (Å²) in [6, 6.07) is 8.21. The van der Waals surface area contributed by atoms with Gasteiger partial charge in [0.05, 0.1) is 5.52 Å². The fourth-order valence-electron chi connectivity index (χ4n) is 1.74. The van der Waals surface area contributed by atoms with Crippen LogP contribution in [0.3, 0.4) is 0 Å². The number of benzene rings is 1. The first-order valence-corrected chi connectivity index (χ1v) is 5.42. The normalized spacial score (nSPS) is 11.0. The molecule has 0 N–H and O–H groups in total. The molecule has 3 rings (SSSR count). The number of rotatable bonds is 0. The molecule has 0 saturated heterocycles. The van der Waals surface area contributed by atoms with E-state index in [1.54, 1.807) is 6.20 Å². The second kappa shape index (κ2) is 3.28. The smallest absolute Gasteiger partial charge is 0.0782 e. The molecule has 3 heteroatoms. The summed E-state index contributed by atoms with van der Waals surface area (Å²) in [5, 5.41) is 3.41. The number of hydrogen-bond acceptors (Lipinski definition) is 2. The average molecular weight is 259 g/mol. The fourth-order valence-corrected chi connectivity index (χ4v) is 2.09. The summed E-state index contributed by atoms with van der Waals surface area (Å²) in [7, 11) is 0. The summed E-state index contributed by atoms with van der Waals surface area (Å²) in [5.74, 6) is 0. The summed E-state index contributed by atoms with van der Waals surface area (Å²) in [6.07, 6.45) is 5.48. The molecule has 3 aromatic rings. The van der Waals surface area contributed by atoms with E-state index in [4.69, 9.17) is 0 Å². The second-order valence-electron chi connectivity index (χ2n) is 3.39. The molecule has 0 amide bonds. The summed E-state index contributed by atoms with van der Waals surface area (Å²) < 4.78 is 1.00. The molecule has 72 valence electrons. The van der Waals surface area contributed by atoms with Gasteiger partial charge in [-0.15, -0.1) is 0 Å². The van der Waals surface area contributed by atoms with Crippen molar-refractivity contribution in [2.75, 3.05) is 0 Å². The first-order chi connectivity index (χ1) is 7.34. The summed E-state index contributed by atoms with van der Waals surface area (Å²) in [4.78, 5) is 8.53. The van der Waals surface area contributed by atoms with Crippen molar-refractivity contribution < 1.29 is 0 Å². The van der Waals surface area contributed by atoms with E-state index in [1.165, 1.54) is 0 Å². The molecule has 0 fully saturated rings. The van der Waals surface area contributed by atoms with Crippen molar-refractivity contribution in [3.63, 3.8) is 0 Å². The van der Waals surface area contributed by atoms with Crippen molar-refractivity contribution in [1.29, 1.82) is 0 Å². The van der Waals surface area contributed by atoms with Crippen molar-refractivity contribution in [3.8, 4) is 0 Å². The van der Waals surface area contributed by atoms with Gasteiger partial charge < -0.3 is 0 Å². The first-order valence-electron chi connectivity index (χ1n) is 4.62. The number of pyridine rings is 2. The Morgan fingerprint density at radius 3 is 2.80 bits per heavy atom. The number of aromatic nitrogens is 2. The molecule has 1 aromatic carbocycles. The number of hydrogen-bond donors (Lipinski definition) is 0. The molecule has 15 heavy (non-hydrogen) atoms. The van der Waals surface area contributed by atoms with Crippen molar-refractivity contribution in [1.82, 2.24) is 9.97 Å². The standard InChI is InChI=1S/C12H7BrN2/c13-10-5-8-1-2-9-6-14-4-3-11(9)12(8)15-7-10/h1-7H. The maximum absolute atomic E-state index is 4.43. The first kappa shape index (κ1) is 8.80. The topological polar surface area (TPSA) is 25.8 Å². The van der Waals surface area contributed by atoms with Crippen LogP contribution in [0, 0.1) is 0 Å². The van der Waals surface area contributed by atoms with E-state index in [9.17, 15) is 0 Å². The molecule has 0 saturated carbocycles. The Bertz CT molecular complexity index is 649. The highest BCUT2D eigenvalue weighted by Crippen LogP contribution is 2.24. The predicted molar refractivity (Wildman–Crippen MR) is 64.7 cm³/mol. The lowest BCUT2D eigenvalue weighted by Gasteiger charge is -2.02. The Morgan fingerprint density at radius 2 is 1.87 bits per heavy atom. The molecular formula is C12H7BrN2. The Morgan fingerprint density at radius 1 is 1.00 bits per heavy atom. The highest BCUT2D eigenvalue weighted by atomic mass is 79.9. The van der Waals surface area contributed by atoms with Gasteiger partial charge in [-0.25, -0.2) is 0 Å². The van der Waals surface area contributed by atoms with E-state index in [-0.39, 0.29) is 0 Å². The Kier molecular flexibility index (Phi) is 1.92. The molecule has 0 atom stereocenters. The van der Waals surface area contributed by atoms with Crippen molar-refractivity contribution in [2.24, 2.45) is 0 Å². The lowest BCUT2D eigenvalue weighted by Crippen LogP contribution is -1.82. The molecule has 0 radical (unpaired) electrons. The number of halogens is 1. The van der Waals surface area contributed by atoms with Gasteiger partial charge >= 0.3 is 0 Å². The van der Waals surface area contributed by atoms with Crippen LogP contribution in [0.1, 0.15) is 0 Å². The molecule has 0 aliphatic rings. The van der Waals surface area contributed by atoms with Gasteiger partial charge in [0.1, 0.15) is 0 Å². The zero-order chi connectivity index (χ0) is 10.3. The molecule has 0 aliphatic heterocycles. The molecular weight excluding hydrogens is 252 g/mol. The molecule has 0 spiro atoms. The fraction of sp³-hybridized carbons (Fsp3) is 0. The van der Waals surface area contributed by atoms with Gasteiger partial charge in [0.15, 0.2) is 0 Å². The lowest BCUT2D eigenvalue weighted by atomic mass is 10.1. The zero-order valence-electron chi connectivity index (χ0n) is 7.81. The SMILES string of the molecule is Brc1cnc2c(ccc3cnccc32)c1. The second-order valence-corrected chi connectivity index (χ2v) is 4.30.